The average Bonchev–Trinajstić information content (AvgIpc) is 2.37. The predicted octanol–water partition coefficient (Wildman–Crippen LogP) is 0.955. The molecule has 0 aliphatic carbocycles. The number of rotatable bonds is 6. The van der Waals surface area contributed by atoms with E-state index in [0.29, 0.717) is 17.8 Å². The third-order valence-electron chi connectivity index (χ3n) is 2.02. The van der Waals surface area contributed by atoms with E-state index in [2.05, 4.69) is 27.7 Å². The molecule has 0 aliphatic heterocycles. The van der Waals surface area contributed by atoms with Crippen LogP contribution in [-0.4, -0.2) is 16.8 Å². The van der Waals surface area contributed by atoms with Crippen molar-refractivity contribution in [2.45, 2.75) is 19.8 Å². The average molecular weight is 248 g/mol. The van der Waals surface area contributed by atoms with E-state index < -0.39 is 0 Å². The van der Waals surface area contributed by atoms with Gasteiger partial charge >= 0.3 is 0 Å². The van der Waals surface area contributed by atoms with Crippen molar-refractivity contribution >= 4 is 17.5 Å². The van der Waals surface area contributed by atoms with E-state index in [-0.39, 0.29) is 18.2 Å². The molecule has 1 rings (SSSR count). The van der Waals surface area contributed by atoms with Gasteiger partial charge in [-0.1, -0.05) is 13.5 Å². The van der Waals surface area contributed by atoms with Gasteiger partial charge < -0.3 is 10.7 Å². The molecule has 6 heteroatoms. The summed E-state index contributed by atoms with van der Waals surface area (Å²) in [5.74, 6) is -0.393. The van der Waals surface area contributed by atoms with Gasteiger partial charge in [0.15, 0.2) is 0 Å². The van der Waals surface area contributed by atoms with E-state index in [1.165, 1.54) is 0 Å². The SMILES string of the molecule is C=C(CC(=O)Nc1cccnc1)NNC(=O)CC. The molecule has 96 valence electrons. The Hall–Kier alpha value is -2.37. The summed E-state index contributed by atoms with van der Waals surface area (Å²) in [5.41, 5.74) is 6.03. The first-order valence-corrected chi connectivity index (χ1v) is 5.54. The Morgan fingerprint density at radius 2 is 2.11 bits per heavy atom. The van der Waals surface area contributed by atoms with E-state index in [0.717, 1.165) is 0 Å². The third-order valence-corrected chi connectivity index (χ3v) is 2.02. The predicted molar refractivity (Wildman–Crippen MR) is 68.2 cm³/mol. The standard InChI is InChI=1S/C12H16N4O2/c1-3-11(17)16-15-9(2)7-12(18)14-10-5-4-6-13-8-10/h4-6,8,15H,2-3,7H2,1H3,(H,14,18)(H,16,17). The maximum atomic E-state index is 11.6. The highest BCUT2D eigenvalue weighted by atomic mass is 16.2. The lowest BCUT2D eigenvalue weighted by Gasteiger charge is -2.10. The normalized spacial score (nSPS) is 9.39. The van der Waals surface area contributed by atoms with Crippen LogP contribution in [0.25, 0.3) is 0 Å². The van der Waals surface area contributed by atoms with Gasteiger partial charge in [-0.2, -0.15) is 0 Å². The molecule has 0 saturated heterocycles. The summed E-state index contributed by atoms with van der Waals surface area (Å²) < 4.78 is 0. The maximum Gasteiger partial charge on any atom is 0.238 e. The van der Waals surface area contributed by atoms with Crippen LogP contribution in [0.15, 0.2) is 36.8 Å². The monoisotopic (exact) mass is 248 g/mol. The molecule has 1 aromatic rings. The fourth-order valence-corrected chi connectivity index (χ4v) is 1.13. The Morgan fingerprint density at radius 3 is 2.72 bits per heavy atom. The van der Waals surface area contributed by atoms with Gasteiger partial charge in [-0.05, 0) is 12.1 Å². The Morgan fingerprint density at radius 1 is 1.33 bits per heavy atom. The van der Waals surface area contributed by atoms with Crippen molar-refractivity contribution in [1.29, 1.82) is 0 Å². The molecule has 0 bridgehead atoms. The van der Waals surface area contributed by atoms with Crippen LogP contribution >= 0.6 is 0 Å². The van der Waals surface area contributed by atoms with E-state index in [1.54, 1.807) is 31.5 Å². The van der Waals surface area contributed by atoms with E-state index in [4.69, 9.17) is 0 Å². The number of anilines is 1. The first-order chi connectivity index (χ1) is 8.61. The number of hydrogen-bond donors (Lipinski definition) is 3. The lowest BCUT2D eigenvalue weighted by molar-refractivity contribution is -0.122. The zero-order chi connectivity index (χ0) is 13.4. The minimum Gasteiger partial charge on any atom is -0.324 e. The van der Waals surface area contributed by atoms with Gasteiger partial charge in [-0.25, -0.2) is 0 Å². The molecule has 18 heavy (non-hydrogen) atoms. The number of aromatic nitrogens is 1. The fourth-order valence-electron chi connectivity index (χ4n) is 1.13. The second-order valence-electron chi connectivity index (χ2n) is 3.60. The Labute approximate surface area is 105 Å². The molecular weight excluding hydrogens is 232 g/mol. The van der Waals surface area contributed by atoms with Crippen LogP contribution in [0.1, 0.15) is 19.8 Å². The molecule has 0 saturated carbocycles. The lowest BCUT2D eigenvalue weighted by atomic mass is 10.3. The second kappa shape index (κ2) is 7.05. The molecule has 1 heterocycles. The quantitative estimate of drug-likeness (QED) is 0.655. The first kappa shape index (κ1) is 13.7. The molecule has 1 aromatic heterocycles. The van der Waals surface area contributed by atoms with Gasteiger partial charge in [0.25, 0.3) is 0 Å². The van der Waals surface area contributed by atoms with E-state index in [1.807, 2.05) is 0 Å². The number of pyridine rings is 1. The van der Waals surface area contributed by atoms with Crippen molar-refractivity contribution in [2.24, 2.45) is 0 Å². The summed E-state index contributed by atoms with van der Waals surface area (Å²) in [6.07, 6.45) is 3.60. The van der Waals surface area contributed by atoms with Gasteiger partial charge in [0.1, 0.15) is 0 Å². The molecule has 2 amide bonds. The molecule has 0 fully saturated rings. The summed E-state index contributed by atoms with van der Waals surface area (Å²) in [7, 11) is 0. The minimum atomic E-state index is -0.230. The summed E-state index contributed by atoms with van der Waals surface area (Å²) in [5, 5.41) is 2.66. The summed E-state index contributed by atoms with van der Waals surface area (Å²) in [6, 6.07) is 3.46. The van der Waals surface area contributed by atoms with Gasteiger partial charge in [0, 0.05) is 18.3 Å². The Bertz CT molecular complexity index is 431. The largest absolute Gasteiger partial charge is 0.324 e. The molecule has 3 N–H and O–H groups in total. The Kier molecular flexibility index (Phi) is 5.37. The van der Waals surface area contributed by atoms with Crippen molar-refractivity contribution in [2.75, 3.05) is 5.32 Å². The zero-order valence-electron chi connectivity index (χ0n) is 10.2. The zero-order valence-corrected chi connectivity index (χ0v) is 10.2. The van der Waals surface area contributed by atoms with E-state index in [9.17, 15) is 9.59 Å². The number of nitrogens with one attached hydrogen (secondary N) is 3. The van der Waals surface area contributed by atoms with Crippen molar-refractivity contribution < 1.29 is 9.59 Å². The van der Waals surface area contributed by atoms with Crippen LogP contribution in [0.3, 0.4) is 0 Å². The smallest absolute Gasteiger partial charge is 0.238 e. The Balaban J connectivity index is 2.32. The molecular formula is C12H16N4O2. The van der Waals surface area contributed by atoms with Gasteiger partial charge in [0.05, 0.1) is 18.3 Å². The van der Waals surface area contributed by atoms with Crippen molar-refractivity contribution in [3.63, 3.8) is 0 Å². The highest BCUT2D eigenvalue weighted by molar-refractivity contribution is 5.91. The number of hydrazine groups is 1. The topological polar surface area (TPSA) is 83.1 Å². The number of carbonyl (C=O) groups excluding carboxylic acids is 2. The van der Waals surface area contributed by atoms with Gasteiger partial charge in [-0.3, -0.25) is 20.0 Å². The summed E-state index contributed by atoms with van der Waals surface area (Å²) in [4.78, 5) is 26.4. The molecule has 0 aromatic carbocycles. The molecule has 0 atom stereocenters. The first-order valence-electron chi connectivity index (χ1n) is 5.54. The fraction of sp³-hybridized carbons (Fsp3) is 0.250. The number of amides is 2. The summed E-state index contributed by atoms with van der Waals surface area (Å²) in [6.45, 7) is 5.37. The molecule has 0 aliphatic rings. The van der Waals surface area contributed by atoms with Crippen LogP contribution in [0.2, 0.25) is 0 Å². The second-order valence-corrected chi connectivity index (χ2v) is 3.60. The van der Waals surface area contributed by atoms with Gasteiger partial charge in [0.2, 0.25) is 11.8 Å². The number of hydrogen-bond acceptors (Lipinski definition) is 4. The molecule has 0 spiro atoms. The van der Waals surface area contributed by atoms with Gasteiger partial charge in [-0.15, -0.1) is 0 Å². The maximum absolute atomic E-state index is 11.6. The van der Waals surface area contributed by atoms with Crippen molar-refractivity contribution in [3.8, 4) is 0 Å². The van der Waals surface area contributed by atoms with E-state index >= 15 is 0 Å². The third kappa shape index (κ3) is 5.11. The van der Waals surface area contributed by atoms with Crippen LogP contribution in [0, 0.1) is 0 Å². The van der Waals surface area contributed by atoms with Crippen molar-refractivity contribution in [1.82, 2.24) is 15.8 Å². The van der Waals surface area contributed by atoms with Crippen molar-refractivity contribution in [3.05, 3.63) is 36.8 Å². The van der Waals surface area contributed by atoms with Crippen LogP contribution in [0.5, 0.6) is 0 Å². The van der Waals surface area contributed by atoms with Crippen LogP contribution < -0.4 is 16.2 Å². The highest BCUT2D eigenvalue weighted by Gasteiger charge is 2.05. The number of carbonyl (C=O) groups is 2. The van der Waals surface area contributed by atoms with Crippen LogP contribution in [0.4, 0.5) is 5.69 Å². The summed E-state index contributed by atoms with van der Waals surface area (Å²) >= 11 is 0. The lowest BCUT2D eigenvalue weighted by Crippen LogP contribution is -2.36. The molecule has 0 radical (unpaired) electrons. The minimum absolute atomic E-state index is 0.0683. The highest BCUT2D eigenvalue weighted by Crippen LogP contribution is 2.04. The number of nitrogens with zero attached hydrogens (tertiary/aromatic N) is 1. The molecule has 0 unspecified atom stereocenters. The molecule has 6 nitrogen and oxygen atoms in total. The van der Waals surface area contributed by atoms with Crippen LogP contribution in [-0.2, 0) is 9.59 Å².